The van der Waals surface area contributed by atoms with Crippen molar-refractivity contribution in [3.05, 3.63) is 18.2 Å². The molecule has 0 unspecified atom stereocenters. The molecule has 5 heteroatoms. The number of amides is 1. The maximum Gasteiger partial charge on any atom is 0.234 e. The van der Waals surface area contributed by atoms with Gasteiger partial charge in [0.25, 0.3) is 0 Å². The number of imidazole rings is 1. The Morgan fingerprint density at radius 2 is 2.53 bits per heavy atom. The Hall–Kier alpha value is -1.80. The third-order valence-corrected chi connectivity index (χ3v) is 1.82. The van der Waals surface area contributed by atoms with Crippen LogP contribution in [0.15, 0.2) is 12.4 Å². The lowest BCUT2D eigenvalue weighted by Gasteiger charge is -1.97. The second kappa shape index (κ2) is 5.83. The third-order valence-electron chi connectivity index (χ3n) is 1.82. The van der Waals surface area contributed by atoms with E-state index in [1.807, 2.05) is 17.7 Å². The van der Waals surface area contributed by atoms with Crippen molar-refractivity contribution in [2.45, 2.75) is 13.5 Å². The van der Waals surface area contributed by atoms with E-state index in [1.54, 1.807) is 6.20 Å². The van der Waals surface area contributed by atoms with Crippen LogP contribution in [0, 0.1) is 11.8 Å². The van der Waals surface area contributed by atoms with Crippen LogP contribution in [0.4, 0.5) is 0 Å². The van der Waals surface area contributed by atoms with Gasteiger partial charge in [0.15, 0.2) is 5.82 Å². The van der Waals surface area contributed by atoms with E-state index < -0.39 is 0 Å². The highest BCUT2D eigenvalue weighted by Crippen LogP contribution is 1.93. The van der Waals surface area contributed by atoms with E-state index in [1.165, 1.54) is 0 Å². The van der Waals surface area contributed by atoms with Gasteiger partial charge < -0.3 is 15.6 Å². The number of hydrogen-bond acceptors (Lipinski definition) is 3. The Morgan fingerprint density at radius 1 is 1.73 bits per heavy atom. The summed E-state index contributed by atoms with van der Waals surface area (Å²) in [4.78, 5) is 14.8. The van der Waals surface area contributed by atoms with Gasteiger partial charge in [-0.15, -0.1) is 0 Å². The highest BCUT2D eigenvalue weighted by Gasteiger charge is 1.95. The van der Waals surface area contributed by atoms with Crippen LogP contribution in [0.3, 0.4) is 0 Å². The molecule has 5 nitrogen and oxygen atoms in total. The number of hydrogen-bond donors (Lipinski definition) is 2. The van der Waals surface area contributed by atoms with Crippen LogP contribution >= 0.6 is 0 Å². The first kappa shape index (κ1) is 11.3. The normalized spacial score (nSPS) is 9.20. The minimum absolute atomic E-state index is 0.00866. The van der Waals surface area contributed by atoms with Gasteiger partial charge in [0.1, 0.15) is 0 Å². The minimum atomic E-state index is -0.205. The Morgan fingerprint density at radius 3 is 3.20 bits per heavy atom. The highest BCUT2D eigenvalue weighted by molar-refractivity contribution is 5.77. The van der Waals surface area contributed by atoms with Gasteiger partial charge in [-0.25, -0.2) is 4.98 Å². The Labute approximate surface area is 88.7 Å². The van der Waals surface area contributed by atoms with E-state index in [0.29, 0.717) is 12.4 Å². The lowest BCUT2D eigenvalue weighted by atomic mass is 10.5. The van der Waals surface area contributed by atoms with Gasteiger partial charge in [0.2, 0.25) is 5.91 Å². The van der Waals surface area contributed by atoms with Crippen LogP contribution in [-0.4, -0.2) is 28.5 Å². The molecule has 15 heavy (non-hydrogen) atoms. The molecule has 0 fully saturated rings. The molecule has 80 valence electrons. The van der Waals surface area contributed by atoms with E-state index in [2.05, 4.69) is 22.1 Å². The number of nitrogens with zero attached hydrogens (tertiary/aromatic N) is 2. The molecule has 0 aliphatic heterocycles. The monoisotopic (exact) mass is 206 g/mol. The molecule has 0 aliphatic carbocycles. The van der Waals surface area contributed by atoms with Crippen LogP contribution in [0.5, 0.6) is 0 Å². The number of carbonyl (C=O) groups is 1. The van der Waals surface area contributed by atoms with Gasteiger partial charge in [-0.3, -0.25) is 4.79 Å². The van der Waals surface area contributed by atoms with Crippen molar-refractivity contribution in [1.82, 2.24) is 14.9 Å². The Balaban J connectivity index is 2.48. The molecular weight excluding hydrogens is 192 g/mol. The first-order valence-corrected chi connectivity index (χ1v) is 4.74. The predicted octanol–water partition coefficient (Wildman–Crippen LogP) is -0.671. The van der Waals surface area contributed by atoms with Gasteiger partial charge in [-0.2, -0.15) is 0 Å². The van der Waals surface area contributed by atoms with E-state index in [4.69, 9.17) is 5.73 Å². The summed E-state index contributed by atoms with van der Waals surface area (Å²) in [6.45, 7) is 3.14. The number of rotatable bonds is 3. The van der Waals surface area contributed by atoms with E-state index >= 15 is 0 Å². The molecule has 1 amide bonds. The first-order valence-electron chi connectivity index (χ1n) is 4.74. The molecule has 1 aromatic heterocycles. The second-order valence-electron chi connectivity index (χ2n) is 2.82. The zero-order valence-electron chi connectivity index (χ0n) is 8.66. The molecule has 0 saturated heterocycles. The fourth-order valence-corrected chi connectivity index (χ4v) is 1.03. The molecule has 3 N–H and O–H groups in total. The van der Waals surface area contributed by atoms with Gasteiger partial charge in [0, 0.05) is 18.9 Å². The zero-order valence-corrected chi connectivity index (χ0v) is 8.66. The quantitative estimate of drug-likeness (QED) is 0.644. The molecule has 0 atom stereocenters. The molecule has 0 saturated carbocycles. The predicted molar refractivity (Wildman–Crippen MR) is 56.8 cm³/mol. The number of carbonyl (C=O) groups excluding carboxylic acids is 1. The maximum absolute atomic E-state index is 10.8. The van der Waals surface area contributed by atoms with E-state index in [9.17, 15) is 4.79 Å². The molecule has 0 spiro atoms. The molecule has 0 bridgehead atoms. The van der Waals surface area contributed by atoms with Crippen LogP contribution in [-0.2, 0) is 11.3 Å². The molecule has 0 radical (unpaired) electrons. The van der Waals surface area contributed by atoms with Crippen LogP contribution < -0.4 is 11.1 Å². The van der Waals surface area contributed by atoms with Crippen LogP contribution in [0.2, 0.25) is 0 Å². The largest absolute Gasteiger partial charge is 0.344 e. The van der Waals surface area contributed by atoms with Gasteiger partial charge >= 0.3 is 0 Å². The number of aryl methyl sites for hydroxylation is 1. The standard InChI is InChI=1S/C10H14N4O/c1-2-14-7-6-12-9(14)4-3-5-13-10(15)8-11/h6-7H,2,5,8,11H2,1H3,(H,13,15). The van der Waals surface area contributed by atoms with Crippen molar-refractivity contribution < 1.29 is 4.79 Å². The van der Waals surface area contributed by atoms with Crippen molar-refractivity contribution in [1.29, 1.82) is 0 Å². The first-order chi connectivity index (χ1) is 7.27. The van der Waals surface area contributed by atoms with Crippen molar-refractivity contribution in [2.75, 3.05) is 13.1 Å². The minimum Gasteiger partial charge on any atom is -0.344 e. The van der Waals surface area contributed by atoms with Crippen molar-refractivity contribution in [3.63, 3.8) is 0 Å². The van der Waals surface area contributed by atoms with Gasteiger partial charge in [0.05, 0.1) is 13.1 Å². The maximum atomic E-state index is 10.8. The molecule has 1 rings (SSSR count). The van der Waals surface area contributed by atoms with Crippen molar-refractivity contribution >= 4 is 5.91 Å². The molecule has 1 aromatic rings. The summed E-state index contributed by atoms with van der Waals surface area (Å²) in [5.41, 5.74) is 5.12. The number of aromatic nitrogens is 2. The van der Waals surface area contributed by atoms with Crippen LogP contribution in [0.25, 0.3) is 0 Å². The summed E-state index contributed by atoms with van der Waals surface area (Å²) >= 11 is 0. The average Bonchev–Trinajstić information content (AvgIpc) is 2.71. The summed E-state index contributed by atoms with van der Waals surface area (Å²) in [7, 11) is 0. The summed E-state index contributed by atoms with van der Waals surface area (Å²) in [6.07, 6.45) is 3.56. The van der Waals surface area contributed by atoms with Crippen molar-refractivity contribution in [2.24, 2.45) is 5.73 Å². The average molecular weight is 206 g/mol. The summed E-state index contributed by atoms with van der Waals surface area (Å²) < 4.78 is 1.93. The molecule has 1 heterocycles. The molecule has 0 aromatic carbocycles. The molecule has 0 aliphatic rings. The van der Waals surface area contributed by atoms with Gasteiger partial charge in [-0.1, -0.05) is 5.92 Å². The van der Waals surface area contributed by atoms with E-state index in [-0.39, 0.29) is 12.5 Å². The van der Waals surface area contributed by atoms with Crippen LogP contribution in [0.1, 0.15) is 12.7 Å². The number of nitrogens with one attached hydrogen (secondary N) is 1. The third kappa shape index (κ3) is 3.44. The smallest absolute Gasteiger partial charge is 0.234 e. The summed E-state index contributed by atoms with van der Waals surface area (Å²) in [6, 6.07) is 0. The Kier molecular flexibility index (Phi) is 4.38. The summed E-state index contributed by atoms with van der Waals surface area (Å²) in [5, 5.41) is 2.56. The van der Waals surface area contributed by atoms with Gasteiger partial charge in [-0.05, 0) is 12.8 Å². The lowest BCUT2D eigenvalue weighted by Crippen LogP contribution is -2.30. The highest BCUT2D eigenvalue weighted by atomic mass is 16.1. The fourth-order valence-electron chi connectivity index (χ4n) is 1.03. The molecular formula is C10H14N4O. The second-order valence-corrected chi connectivity index (χ2v) is 2.82. The Bertz CT molecular complexity index is 386. The topological polar surface area (TPSA) is 72.9 Å². The number of nitrogens with two attached hydrogens (primary N) is 1. The SMILES string of the molecule is CCn1ccnc1C#CCNC(=O)CN. The van der Waals surface area contributed by atoms with Crippen molar-refractivity contribution in [3.8, 4) is 11.8 Å². The fraction of sp³-hybridized carbons (Fsp3) is 0.400. The lowest BCUT2D eigenvalue weighted by molar-refractivity contribution is -0.119. The summed E-state index contributed by atoms with van der Waals surface area (Å²) in [5.74, 6) is 6.18. The van der Waals surface area contributed by atoms with E-state index in [0.717, 1.165) is 6.54 Å². The zero-order chi connectivity index (χ0) is 11.1.